The molecule has 1 aliphatic heterocycles. The first-order chi connectivity index (χ1) is 20.6. The highest BCUT2D eigenvalue weighted by Gasteiger charge is 2.28. The Kier molecular flexibility index (Phi) is 12.4. The number of thiazole rings is 1. The van der Waals surface area contributed by atoms with Gasteiger partial charge in [-0.3, -0.25) is 14.4 Å². The monoisotopic (exact) mass is 612 g/mol. The van der Waals surface area contributed by atoms with Gasteiger partial charge in [-0.15, -0.1) is 11.3 Å². The lowest BCUT2D eigenvalue weighted by Gasteiger charge is -2.33. The van der Waals surface area contributed by atoms with E-state index >= 15 is 0 Å². The van der Waals surface area contributed by atoms with Crippen molar-refractivity contribution in [2.24, 2.45) is 11.8 Å². The predicted molar refractivity (Wildman–Crippen MR) is 174 cm³/mol. The molecule has 1 saturated heterocycles. The highest BCUT2D eigenvalue weighted by molar-refractivity contribution is 7.18. The molecule has 1 aromatic heterocycles. The molecule has 4 rings (SSSR count). The van der Waals surface area contributed by atoms with Crippen LogP contribution in [-0.4, -0.2) is 90.9 Å². The Morgan fingerprint density at radius 3 is 2.40 bits per heavy atom. The summed E-state index contributed by atoms with van der Waals surface area (Å²) in [6, 6.07) is 5.37. The number of nitrogens with one attached hydrogen (secondary N) is 3. The standard InChI is InChI=1S/C33H52N6O3S/c1-22(2)26-11-12-28-30(18-26)43-31(37-28)19-29(35-24(4)40)33(42)36-27(17-25-9-7-6-8-10-25)20-34-32(41)23(3)21-39-15-13-38(5)14-16-39/h11-12,18,22-23,25,27,29H,6-10,13-17,19-21H2,1-5H3,(H,34,41)(H,35,40)(H,36,42)/t23?,27?,29-/m0/s1. The summed E-state index contributed by atoms with van der Waals surface area (Å²) < 4.78 is 1.09. The zero-order valence-corrected chi connectivity index (χ0v) is 27.6. The van der Waals surface area contributed by atoms with Gasteiger partial charge >= 0.3 is 0 Å². The van der Waals surface area contributed by atoms with Gasteiger partial charge in [0.15, 0.2) is 0 Å². The third-order valence-electron chi connectivity index (χ3n) is 8.98. The van der Waals surface area contributed by atoms with Gasteiger partial charge in [0, 0.05) is 64.6 Å². The largest absolute Gasteiger partial charge is 0.354 e. The van der Waals surface area contributed by atoms with Gasteiger partial charge in [-0.2, -0.15) is 0 Å². The van der Waals surface area contributed by atoms with E-state index in [4.69, 9.17) is 4.98 Å². The molecule has 2 aromatic rings. The SMILES string of the molecule is CC(=O)N[C@@H](Cc1nc2ccc(C(C)C)cc2s1)C(=O)NC(CNC(=O)C(C)CN1CCN(C)CC1)CC1CCCCC1. The molecule has 3 amide bonds. The number of nitrogens with zero attached hydrogens (tertiary/aromatic N) is 3. The number of hydrogen-bond donors (Lipinski definition) is 3. The first-order valence-corrected chi connectivity index (χ1v) is 17.0. The topological polar surface area (TPSA) is 107 Å². The molecule has 43 heavy (non-hydrogen) atoms. The van der Waals surface area contributed by atoms with Gasteiger partial charge in [0.2, 0.25) is 17.7 Å². The first kappa shape index (κ1) is 33.3. The normalized spacial score (nSPS) is 19.2. The van der Waals surface area contributed by atoms with Crippen molar-refractivity contribution in [2.75, 3.05) is 46.3 Å². The van der Waals surface area contributed by atoms with E-state index in [1.807, 2.05) is 13.0 Å². The summed E-state index contributed by atoms with van der Waals surface area (Å²) in [4.78, 5) is 48.4. The lowest BCUT2D eigenvalue weighted by molar-refractivity contribution is -0.129. The Bertz CT molecular complexity index is 1220. The van der Waals surface area contributed by atoms with Crippen LogP contribution in [0.5, 0.6) is 0 Å². The van der Waals surface area contributed by atoms with Crippen LogP contribution in [0.15, 0.2) is 18.2 Å². The fraction of sp³-hybridized carbons (Fsp3) is 0.697. The third kappa shape index (κ3) is 10.3. The number of amides is 3. The summed E-state index contributed by atoms with van der Waals surface area (Å²) in [5.74, 6) is 0.366. The zero-order chi connectivity index (χ0) is 30.9. The summed E-state index contributed by atoms with van der Waals surface area (Å²) in [7, 11) is 2.13. The molecule has 2 unspecified atom stereocenters. The van der Waals surface area contributed by atoms with Gasteiger partial charge in [0.1, 0.15) is 6.04 Å². The van der Waals surface area contributed by atoms with Crippen molar-refractivity contribution >= 4 is 39.3 Å². The van der Waals surface area contributed by atoms with Gasteiger partial charge in [-0.05, 0) is 43.0 Å². The molecule has 2 aliphatic rings. The number of rotatable bonds is 13. The Morgan fingerprint density at radius 2 is 1.72 bits per heavy atom. The van der Waals surface area contributed by atoms with Crippen LogP contribution in [0.2, 0.25) is 0 Å². The molecule has 0 bridgehead atoms. The summed E-state index contributed by atoms with van der Waals surface area (Å²) >= 11 is 1.57. The van der Waals surface area contributed by atoms with Gasteiger partial charge in [-0.1, -0.05) is 58.9 Å². The maximum Gasteiger partial charge on any atom is 0.243 e. The molecule has 1 aromatic carbocycles. The van der Waals surface area contributed by atoms with Crippen LogP contribution in [0.1, 0.15) is 82.7 Å². The maximum absolute atomic E-state index is 13.7. The first-order valence-electron chi connectivity index (χ1n) is 16.2. The fourth-order valence-corrected chi connectivity index (χ4v) is 7.34. The zero-order valence-electron chi connectivity index (χ0n) is 26.8. The minimum absolute atomic E-state index is 0.0236. The van der Waals surface area contributed by atoms with Gasteiger partial charge in [-0.25, -0.2) is 4.98 Å². The summed E-state index contributed by atoms with van der Waals surface area (Å²) in [5, 5.41) is 10.1. The van der Waals surface area contributed by atoms with Crippen molar-refractivity contribution < 1.29 is 14.4 Å². The predicted octanol–water partition coefficient (Wildman–Crippen LogP) is 3.92. The van der Waals surface area contributed by atoms with Crippen LogP contribution >= 0.6 is 11.3 Å². The van der Waals surface area contributed by atoms with Crippen LogP contribution in [-0.2, 0) is 20.8 Å². The van der Waals surface area contributed by atoms with Crippen LogP contribution in [0.4, 0.5) is 0 Å². The summed E-state index contributed by atoms with van der Waals surface area (Å²) in [5.41, 5.74) is 2.17. The van der Waals surface area contributed by atoms with E-state index < -0.39 is 6.04 Å². The van der Waals surface area contributed by atoms with E-state index in [1.165, 1.54) is 31.7 Å². The second-order valence-corrected chi connectivity index (χ2v) is 14.3. The number of hydrogen-bond acceptors (Lipinski definition) is 7. The van der Waals surface area contributed by atoms with Crippen molar-refractivity contribution in [3.63, 3.8) is 0 Å². The molecule has 2 fully saturated rings. The van der Waals surface area contributed by atoms with Crippen molar-refractivity contribution in [1.82, 2.24) is 30.7 Å². The molecule has 3 N–H and O–H groups in total. The molecular weight excluding hydrogens is 560 g/mol. The van der Waals surface area contributed by atoms with E-state index in [0.717, 1.165) is 67.2 Å². The third-order valence-corrected chi connectivity index (χ3v) is 10.0. The molecule has 0 radical (unpaired) electrons. The highest BCUT2D eigenvalue weighted by Crippen LogP contribution is 2.28. The number of fused-ring (bicyclic) bond motifs is 1. The quantitative estimate of drug-likeness (QED) is 0.317. The van der Waals surface area contributed by atoms with Crippen LogP contribution in [0.3, 0.4) is 0 Å². The second kappa shape index (κ2) is 16.0. The van der Waals surface area contributed by atoms with Crippen LogP contribution in [0, 0.1) is 11.8 Å². The van der Waals surface area contributed by atoms with Crippen molar-refractivity contribution in [3.8, 4) is 0 Å². The number of carbonyl (C=O) groups excluding carboxylic acids is 3. The fourth-order valence-electron chi connectivity index (χ4n) is 6.28. The minimum Gasteiger partial charge on any atom is -0.354 e. The number of likely N-dealkylation sites (N-methyl/N-ethyl adjacent to an activating group) is 1. The van der Waals surface area contributed by atoms with E-state index in [1.54, 1.807) is 11.3 Å². The molecule has 1 saturated carbocycles. The molecule has 10 heteroatoms. The Hall–Kier alpha value is -2.56. The van der Waals surface area contributed by atoms with Crippen LogP contribution < -0.4 is 16.0 Å². The number of benzene rings is 1. The Balaban J connectivity index is 1.40. The average Bonchev–Trinajstić information content (AvgIpc) is 3.38. The summed E-state index contributed by atoms with van der Waals surface area (Å²) in [6.07, 6.45) is 7.14. The van der Waals surface area contributed by atoms with Gasteiger partial charge in [0.05, 0.1) is 15.2 Å². The number of piperazine rings is 1. The lowest BCUT2D eigenvalue weighted by Crippen LogP contribution is -2.53. The van der Waals surface area contributed by atoms with Gasteiger partial charge in [0.25, 0.3) is 0 Å². The summed E-state index contributed by atoms with van der Waals surface area (Å²) in [6.45, 7) is 12.9. The second-order valence-electron chi connectivity index (χ2n) is 13.1. The van der Waals surface area contributed by atoms with Crippen molar-refractivity contribution in [2.45, 2.75) is 90.6 Å². The highest BCUT2D eigenvalue weighted by atomic mass is 32.1. The molecule has 9 nitrogen and oxygen atoms in total. The van der Waals surface area contributed by atoms with E-state index in [-0.39, 0.29) is 29.7 Å². The lowest BCUT2D eigenvalue weighted by atomic mass is 9.84. The van der Waals surface area contributed by atoms with Crippen molar-refractivity contribution in [3.05, 3.63) is 28.8 Å². The number of carbonyl (C=O) groups is 3. The van der Waals surface area contributed by atoms with E-state index in [0.29, 0.717) is 24.8 Å². The molecule has 1 aliphatic carbocycles. The van der Waals surface area contributed by atoms with E-state index in [2.05, 4.69) is 58.8 Å². The molecule has 238 valence electrons. The minimum atomic E-state index is -0.733. The maximum atomic E-state index is 13.7. The van der Waals surface area contributed by atoms with Gasteiger partial charge < -0.3 is 25.8 Å². The average molecular weight is 613 g/mol. The Morgan fingerprint density at radius 1 is 1.00 bits per heavy atom. The van der Waals surface area contributed by atoms with Crippen LogP contribution in [0.25, 0.3) is 10.2 Å². The Labute approximate surface area is 261 Å². The molecular formula is C33H52N6O3S. The smallest absolute Gasteiger partial charge is 0.243 e. The molecule has 2 heterocycles. The number of aromatic nitrogens is 1. The van der Waals surface area contributed by atoms with Crippen molar-refractivity contribution in [1.29, 1.82) is 0 Å². The van der Waals surface area contributed by atoms with E-state index in [9.17, 15) is 14.4 Å². The molecule has 3 atom stereocenters. The molecule has 0 spiro atoms.